The van der Waals surface area contributed by atoms with Gasteiger partial charge in [-0.3, -0.25) is 0 Å². The summed E-state index contributed by atoms with van der Waals surface area (Å²) in [5, 5.41) is 1.13. The molecule has 0 amide bonds. The van der Waals surface area contributed by atoms with E-state index in [1.165, 1.54) is 37.2 Å². The zero-order valence-corrected chi connectivity index (χ0v) is 15.3. The van der Waals surface area contributed by atoms with E-state index in [1.54, 1.807) is 6.33 Å². The Kier molecular flexibility index (Phi) is 5.46. The van der Waals surface area contributed by atoms with Crippen molar-refractivity contribution in [1.82, 2.24) is 15.0 Å². The van der Waals surface area contributed by atoms with Crippen molar-refractivity contribution < 1.29 is 0 Å². The predicted octanol–water partition coefficient (Wildman–Crippen LogP) is 4.34. The van der Waals surface area contributed by atoms with Crippen LogP contribution in [0.15, 0.2) is 18.6 Å². The molecule has 2 aromatic heterocycles. The second-order valence-corrected chi connectivity index (χ2v) is 7.83. The van der Waals surface area contributed by atoms with E-state index >= 15 is 0 Å². The van der Waals surface area contributed by atoms with Gasteiger partial charge in [-0.2, -0.15) is 11.8 Å². The van der Waals surface area contributed by atoms with Crippen LogP contribution < -0.4 is 4.90 Å². The van der Waals surface area contributed by atoms with Crippen molar-refractivity contribution in [2.75, 3.05) is 23.5 Å². The normalized spacial score (nSPS) is 20.9. The minimum Gasteiger partial charge on any atom is -0.356 e. The number of aromatic nitrogens is 3. The highest BCUT2D eigenvalue weighted by molar-refractivity contribution is 7.99. The maximum atomic E-state index is 4.50. The number of hydrogen-bond donors (Lipinski definition) is 1. The standard InChI is InChI=1S/C18H28N4S/c1-4-13(5-2)10-23-11-14-8-15(9-14)22(3)18-16-6-7-19-17(16)20-12-21-18/h6-7,12-15H,4-5,8-11H2,1-3H3,(H,19,20,21). The molecule has 2 aromatic rings. The Labute approximate surface area is 143 Å². The molecule has 0 bridgehead atoms. The highest BCUT2D eigenvalue weighted by atomic mass is 32.2. The van der Waals surface area contributed by atoms with Crippen LogP contribution in [0, 0.1) is 11.8 Å². The quantitative estimate of drug-likeness (QED) is 0.781. The lowest BCUT2D eigenvalue weighted by Gasteiger charge is -2.42. The SMILES string of the molecule is CCC(CC)CSCC1CC(N(C)c2ncnc3[nH]ccc23)C1. The lowest BCUT2D eigenvalue weighted by Crippen LogP contribution is -2.44. The third kappa shape index (κ3) is 3.65. The van der Waals surface area contributed by atoms with E-state index in [0.717, 1.165) is 28.7 Å². The number of rotatable bonds is 8. The minimum atomic E-state index is 0.627. The van der Waals surface area contributed by atoms with E-state index in [9.17, 15) is 0 Å². The fourth-order valence-corrected chi connectivity index (χ4v) is 4.94. The molecule has 1 fully saturated rings. The second-order valence-electron chi connectivity index (χ2n) is 6.76. The van der Waals surface area contributed by atoms with Crippen LogP contribution in [-0.4, -0.2) is 39.5 Å². The van der Waals surface area contributed by atoms with E-state index in [2.05, 4.69) is 58.6 Å². The molecule has 1 aliphatic rings. The number of thioether (sulfide) groups is 1. The smallest absolute Gasteiger partial charge is 0.142 e. The number of nitrogens with zero attached hydrogens (tertiary/aromatic N) is 3. The van der Waals surface area contributed by atoms with Gasteiger partial charge in [0, 0.05) is 19.3 Å². The highest BCUT2D eigenvalue weighted by Gasteiger charge is 2.33. The largest absolute Gasteiger partial charge is 0.356 e. The van der Waals surface area contributed by atoms with Crippen molar-refractivity contribution in [3.8, 4) is 0 Å². The molecular weight excluding hydrogens is 304 g/mol. The molecule has 1 N–H and O–H groups in total. The first-order chi connectivity index (χ1) is 11.2. The first-order valence-corrected chi connectivity index (χ1v) is 9.97. The number of aromatic amines is 1. The van der Waals surface area contributed by atoms with Crippen molar-refractivity contribution in [3.63, 3.8) is 0 Å². The van der Waals surface area contributed by atoms with Crippen LogP contribution in [0.25, 0.3) is 11.0 Å². The first-order valence-electron chi connectivity index (χ1n) is 8.81. The predicted molar refractivity (Wildman–Crippen MR) is 100 cm³/mol. The summed E-state index contributed by atoms with van der Waals surface area (Å²) in [5.74, 6) is 5.50. The van der Waals surface area contributed by atoms with E-state index in [-0.39, 0.29) is 0 Å². The summed E-state index contributed by atoms with van der Waals surface area (Å²) in [5.41, 5.74) is 0.929. The fourth-order valence-electron chi connectivity index (χ4n) is 3.39. The molecule has 5 heteroatoms. The number of anilines is 1. The summed E-state index contributed by atoms with van der Waals surface area (Å²) in [6, 6.07) is 2.70. The Morgan fingerprint density at radius 2 is 2.09 bits per heavy atom. The lowest BCUT2D eigenvalue weighted by molar-refractivity contribution is 0.285. The van der Waals surface area contributed by atoms with Crippen molar-refractivity contribution in [1.29, 1.82) is 0 Å². The highest BCUT2D eigenvalue weighted by Crippen LogP contribution is 2.37. The van der Waals surface area contributed by atoms with Gasteiger partial charge in [0.15, 0.2) is 0 Å². The summed E-state index contributed by atoms with van der Waals surface area (Å²) < 4.78 is 0. The van der Waals surface area contributed by atoms with Crippen molar-refractivity contribution >= 4 is 28.6 Å². The minimum absolute atomic E-state index is 0.627. The molecule has 2 heterocycles. The maximum absolute atomic E-state index is 4.50. The lowest BCUT2D eigenvalue weighted by atomic mass is 9.81. The van der Waals surface area contributed by atoms with Gasteiger partial charge in [-0.05, 0) is 42.2 Å². The van der Waals surface area contributed by atoms with E-state index < -0.39 is 0 Å². The fraction of sp³-hybridized carbons (Fsp3) is 0.667. The topological polar surface area (TPSA) is 44.8 Å². The molecule has 0 aliphatic heterocycles. The third-order valence-electron chi connectivity index (χ3n) is 5.29. The van der Waals surface area contributed by atoms with Crippen LogP contribution in [0.2, 0.25) is 0 Å². The Morgan fingerprint density at radius 3 is 2.83 bits per heavy atom. The van der Waals surface area contributed by atoms with E-state index in [0.29, 0.717) is 6.04 Å². The summed E-state index contributed by atoms with van der Waals surface area (Å²) in [4.78, 5) is 14.3. The van der Waals surface area contributed by atoms with Crippen LogP contribution in [-0.2, 0) is 0 Å². The van der Waals surface area contributed by atoms with Gasteiger partial charge >= 0.3 is 0 Å². The summed E-state index contributed by atoms with van der Waals surface area (Å²) >= 11 is 2.16. The summed E-state index contributed by atoms with van der Waals surface area (Å²) in [7, 11) is 2.17. The average molecular weight is 333 g/mol. The van der Waals surface area contributed by atoms with Crippen LogP contribution in [0.3, 0.4) is 0 Å². The maximum Gasteiger partial charge on any atom is 0.142 e. The van der Waals surface area contributed by atoms with Crippen molar-refractivity contribution in [2.24, 2.45) is 11.8 Å². The molecule has 0 aromatic carbocycles. The molecule has 0 saturated heterocycles. The van der Waals surface area contributed by atoms with Gasteiger partial charge in [0.1, 0.15) is 17.8 Å². The van der Waals surface area contributed by atoms with Crippen LogP contribution >= 0.6 is 11.8 Å². The molecule has 0 radical (unpaired) electrons. The van der Waals surface area contributed by atoms with Crippen molar-refractivity contribution in [3.05, 3.63) is 18.6 Å². The molecular formula is C18H28N4S. The first kappa shape index (κ1) is 16.6. The van der Waals surface area contributed by atoms with Crippen LogP contribution in [0.5, 0.6) is 0 Å². The van der Waals surface area contributed by atoms with Crippen molar-refractivity contribution in [2.45, 2.75) is 45.6 Å². The van der Waals surface area contributed by atoms with Gasteiger partial charge in [0.05, 0.1) is 5.39 Å². The van der Waals surface area contributed by atoms with Gasteiger partial charge < -0.3 is 9.88 Å². The zero-order chi connectivity index (χ0) is 16.2. The number of H-pyrrole nitrogens is 1. The Hall–Kier alpha value is -1.23. The number of fused-ring (bicyclic) bond motifs is 1. The summed E-state index contributed by atoms with van der Waals surface area (Å²) in [6.45, 7) is 4.62. The van der Waals surface area contributed by atoms with E-state index in [1.807, 2.05) is 6.20 Å². The molecule has 0 spiro atoms. The second kappa shape index (κ2) is 7.56. The van der Waals surface area contributed by atoms with Gasteiger partial charge in [0.25, 0.3) is 0 Å². The molecule has 23 heavy (non-hydrogen) atoms. The monoisotopic (exact) mass is 332 g/mol. The van der Waals surface area contributed by atoms with Gasteiger partial charge in [-0.1, -0.05) is 26.7 Å². The molecule has 126 valence electrons. The van der Waals surface area contributed by atoms with Gasteiger partial charge in [0.2, 0.25) is 0 Å². The molecule has 0 atom stereocenters. The van der Waals surface area contributed by atoms with Crippen LogP contribution in [0.1, 0.15) is 39.5 Å². The Balaban J connectivity index is 1.48. The third-order valence-corrected chi connectivity index (χ3v) is 6.70. The Morgan fingerprint density at radius 1 is 1.30 bits per heavy atom. The Bertz CT molecular complexity index is 616. The molecule has 4 nitrogen and oxygen atoms in total. The molecule has 1 aliphatic carbocycles. The summed E-state index contributed by atoms with van der Waals surface area (Å²) in [6.07, 6.45) is 8.82. The van der Waals surface area contributed by atoms with Gasteiger partial charge in [-0.15, -0.1) is 0 Å². The van der Waals surface area contributed by atoms with E-state index in [4.69, 9.17) is 0 Å². The van der Waals surface area contributed by atoms with Gasteiger partial charge in [-0.25, -0.2) is 9.97 Å². The molecule has 0 unspecified atom stereocenters. The average Bonchev–Trinajstić information content (AvgIpc) is 3.01. The zero-order valence-electron chi connectivity index (χ0n) is 14.5. The molecule has 1 saturated carbocycles. The number of nitrogens with one attached hydrogen (secondary N) is 1. The molecule has 3 rings (SSSR count). The van der Waals surface area contributed by atoms with Crippen LogP contribution in [0.4, 0.5) is 5.82 Å². The number of hydrogen-bond acceptors (Lipinski definition) is 4.